The van der Waals surface area contributed by atoms with E-state index in [1.54, 1.807) is 25.3 Å². The summed E-state index contributed by atoms with van der Waals surface area (Å²) < 4.78 is 5.07. The van der Waals surface area contributed by atoms with E-state index >= 15 is 0 Å². The van der Waals surface area contributed by atoms with E-state index in [-0.39, 0.29) is 5.78 Å². The second-order valence-electron chi connectivity index (χ2n) is 4.43. The average molecular weight is 270 g/mol. The third-order valence-electron chi connectivity index (χ3n) is 2.96. The Hall–Kier alpha value is -1.06. The van der Waals surface area contributed by atoms with Crippen molar-refractivity contribution in [1.82, 2.24) is 4.90 Å². The molecule has 0 aliphatic rings. The number of carbonyl (C=O) groups excluding carboxylic acids is 1. The van der Waals surface area contributed by atoms with Crippen molar-refractivity contribution in [3.05, 3.63) is 28.8 Å². The predicted molar refractivity (Wildman–Crippen MR) is 74.7 cm³/mol. The van der Waals surface area contributed by atoms with E-state index in [4.69, 9.17) is 16.3 Å². The summed E-state index contributed by atoms with van der Waals surface area (Å²) in [4.78, 5) is 14.2. The van der Waals surface area contributed by atoms with Gasteiger partial charge < -0.3 is 4.74 Å². The monoisotopic (exact) mass is 269 g/mol. The van der Waals surface area contributed by atoms with Gasteiger partial charge in [0.15, 0.2) is 5.78 Å². The first kappa shape index (κ1) is 15.0. The SMILES string of the molecule is CCN(CC(=O)c1ccc(OC)c(Cl)c1)C(C)C. The van der Waals surface area contributed by atoms with Gasteiger partial charge in [-0.3, -0.25) is 9.69 Å². The minimum Gasteiger partial charge on any atom is -0.495 e. The number of methoxy groups -OCH3 is 1. The highest BCUT2D eigenvalue weighted by atomic mass is 35.5. The van der Waals surface area contributed by atoms with Crippen LogP contribution in [0.25, 0.3) is 0 Å². The molecule has 0 saturated heterocycles. The second kappa shape index (κ2) is 6.76. The van der Waals surface area contributed by atoms with Crippen LogP contribution in [0, 0.1) is 0 Å². The van der Waals surface area contributed by atoms with Crippen LogP contribution in [-0.2, 0) is 0 Å². The van der Waals surface area contributed by atoms with Gasteiger partial charge in [-0.05, 0) is 38.6 Å². The van der Waals surface area contributed by atoms with E-state index in [0.29, 0.717) is 28.9 Å². The Labute approximate surface area is 114 Å². The van der Waals surface area contributed by atoms with Crippen molar-refractivity contribution in [2.24, 2.45) is 0 Å². The van der Waals surface area contributed by atoms with E-state index in [9.17, 15) is 4.79 Å². The number of benzene rings is 1. The Morgan fingerprint density at radius 2 is 2.11 bits per heavy atom. The van der Waals surface area contributed by atoms with Crippen LogP contribution >= 0.6 is 11.6 Å². The van der Waals surface area contributed by atoms with Crippen LogP contribution < -0.4 is 4.74 Å². The fraction of sp³-hybridized carbons (Fsp3) is 0.500. The quantitative estimate of drug-likeness (QED) is 0.743. The van der Waals surface area contributed by atoms with Gasteiger partial charge in [-0.2, -0.15) is 0 Å². The molecule has 0 amide bonds. The molecule has 0 unspecified atom stereocenters. The molecule has 0 fully saturated rings. The van der Waals surface area contributed by atoms with Crippen molar-refractivity contribution >= 4 is 17.4 Å². The van der Waals surface area contributed by atoms with Gasteiger partial charge >= 0.3 is 0 Å². The summed E-state index contributed by atoms with van der Waals surface area (Å²) >= 11 is 6.02. The number of halogens is 1. The van der Waals surface area contributed by atoms with Crippen LogP contribution in [0.1, 0.15) is 31.1 Å². The normalized spacial score (nSPS) is 11.1. The third kappa shape index (κ3) is 3.72. The zero-order valence-corrected chi connectivity index (χ0v) is 12.1. The number of nitrogens with zero attached hydrogens (tertiary/aromatic N) is 1. The van der Waals surface area contributed by atoms with E-state index in [0.717, 1.165) is 6.54 Å². The smallest absolute Gasteiger partial charge is 0.176 e. The van der Waals surface area contributed by atoms with Crippen LogP contribution in [0.15, 0.2) is 18.2 Å². The van der Waals surface area contributed by atoms with Gasteiger partial charge in [0.25, 0.3) is 0 Å². The maximum Gasteiger partial charge on any atom is 0.176 e. The van der Waals surface area contributed by atoms with E-state index in [1.807, 2.05) is 6.92 Å². The average Bonchev–Trinajstić information content (AvgIpc) is 2.35. The van der Waals surface area contributed by atoms with Crippen molar-refractivity contribution in [1.29, 1.82) is 0 Å². The molecular weight excluding hydrogens is 250 g/mol. The molecule has 0 aliphatic heterocycles. The first-order valence-corrected chi connectivity index (χ1v) is 6.48. The topological polar surface area (TPSA) is 29.5 Å². The molecule has 100 valence electrons. The Morgan fingerprint density at radius 1 is 1.44 bits per heavy atom. The molecule has 1 aromatic carbocycles. The van der Waals surface area contributed by atoms with Crippen LogP contribution in [-0.4, -0.2) is 36.9 Å². The van der Waals surface area contributed by atoms with E-state index < -0.39 is 0 Å². The van der Waals surface area contributed by atoms with E-state index in [2.05, 4.69) is 18.7 Å². The standard InChI is InChI=1S/C14H20ClNO2/c1-5-16(10(2)3)9-13(17)11-6-7-14(18-4)12(15)8-11/h6-8,10H,5,9H2,1-4H3. The lowest BCUT2D eigenvalue weighted by Gasteiger charge is -2.23. The van der Waals surface area contributed by atoms with Crippen LogP contribution in [0.4, 0.5) is 0 Å². The van der Waals surface area contributed by atoms with Crippen LogP contribution in [0.3, 0.4) is 0 Å². The summed E-state index contributed by atoms with van der Waals surface area (Å²) in [6.45, 7) is 7.48. The Balaban J connectivity index is 2.81. The Bertz CT molecular complexity index is 418. The maximum atomic E-state index is 12.1. The highest BCUT2D eigenvalue weighted by molar-refractivity contribution is 6.32. The van der Waals surface area contributed by atoms with Gasteiger partial charge in [-0.15, -0.1) is 0 Å². The van der Waals surface area contributed by atoms with Crippen molar-refractivity contribution in [3.63, 3.8) is 0 Å². The molecule has 0 saturated carbocycles. The van der Waals surface area contributed by atoms with Gasteiger partial charge in [0.05, 0.1) is 18.7 Å². The zero-order chi connectivity index (χ0) is 13.7. The van der Waals surface area contributed by atoms with Crippen molar-refractivity contribution in [2.45, 2.75) is 26.8 Å². The van der Waals surface area contributed by atoms with Gasteiger partial charge in [0, 0.05) is 11.6 Å². The molecule has 3 nitrogen and oxygen atoms in total. The predicted octanol–water partition coefficient (Wildman–Crippen LogP) is 3.26. The summed E-state index contributed by atoms with van der Waals surface area (Å²) in [7, 11) is 1.56. The molecular formula is C14H20ClNO2. The second-order valence-corrected chi connectivity index (χ2v) is 4.84. The minimum atomic E-state index is 0.0788. The zero-order valence-electron chi connectivity index (χ0n) is 11.4. The third-order valence-corrected chi connectivity index (χ3v) is 3.25. The highest BCUT2D eigenvalue weighted by Crippen LogP contribution is 2.25. The number of Topliss-reactive ketones (excluding diaryl/α,β-unsaturated/α-hetero) is 1. The number of hydrogen-bond acceptors (Lipinski definition) is 3. The number of carbonyl (C=O) groups is 1. The molecule has 0 heterocycles. The molecule has 0 radical (unpaired) electrons. The lowest BCUT2D eigenvalue weighted by molar-refractivity contribution is 0.0911. The molecule has 0 aromatic heterocycles. The highest BCUT2D eigenvalue weighted by Gasteiger charge is 2.14. The van der Waals surface area contributed by atoms with Gasteiger partial charge in [0.2, 0.25) is 0 Å². The number of likely N-dealkylation sites (N-methyl/N-ethyl adjacent to an activating group) is 1. The molecule has 0 bridgehead atoms. The first-order valence-electron chi connectivity index (χ1n) is 6.10. The summed E-state index contributed by atoms with van der Waals surface area (Å²) in [5, 5.41) is 0.468. The summed E-state index contributed by atoms with van der Waals surface area (Å²) in [6, 6.07) is 5.49. The van der Waals surface area contributed by atoms with Crippen LogP contribution in [0.5, 0.6) is 5.75 Å². The summed E-state index contributed by atoms with van der Waals surface area (Å²) in [5.74, 6) is 0.666. The molecule has 0 aliphatic carbocycles. The van der Waals surface area contributed by atoms with Gasteiger partial charge in [-0.25, -0.2) is 0 Å². The molecule has 18 heavy (non-hydrogen) atoms. The van der Waals surface area contributed by atoms with Crippen molar-refractivity contribution in [3.8, 4) is 5.75 Å². The summed E-state index contributed by atoms with van der Waals surface area (Å²) in [6.07, 6.45) is 0. The lowest BCUT2D eigenvalue weighted by atomic mass is 10.1. The molecule has 0 N–H and O–H groups in total. The lowest BCUT2D eigenvalue weighted by Crippen LogP contribution is -2.35. The molecule has 4 heteroatoms. The molecule has 1 aromatic rings. The fourth-order valence-electron chi connectivity index (χ4n) is 1.78. The Kier molecular flexibility index (Phi) is 5.63. The minimum absolute atomic E-state index is 0.0788. The van der Waals surface area contributed by atoms with E-state index in [1.165, 1.54) is 0 Å². The fourth-order valence-corrected chi connectivity index (χ4v) is 2.03. The first-order chi connectivity index (χ1) is 8.49. The Morgan fingerprint density at radius 3 is 2.56 bits per heavy atom. The number of ether oxygens (including phenoxy) is 1. The van der Waals surface area contributed by atoms with Crippen LogP contribution in [0.2, 0.25) is 5.02 Å². The number of hydrogen-bond donors (Lipinski definition) is 0. The largest absolute Gasteiger partial charge is 0.495 e. The maximum absolute atomic E-state index is 12.1. The van der Waals surface area contributed by atoms with Gasteiger partial charge in [0.1, 0.15) is 5.75 Å². The molecule has 0 spiro atoms. The van der Waals surface area contributed by atoms with Gasteiger partial charge in [-0.1, -0.05) is 18.5 Å². The summed E-state index contributed by atoms with van der Waals surface area (Å²) in [5.41, 5.74) is 0.625. The van der Waals surface area contributed by atoms with Crippen molar-refractivity contribution < 1.29 is 9.53 Å². The molecule has 1 rings (SSSR count). The number of rotatable bonds is 6. The molecule has 0 atom stereocenters. The van der Waals surface area contributed by atoms with Crippen molar-refractivity contribution in [2.75, 3.05) is 20.2 Å². The number of ketones is 1.